The van der Waals surface area contributed by atoms with Crippen LogP contribution in [0.4, 0.5) is 0 Å². The lowest BCUT2D eigenvalue weighted by Gasteiger charge is -2.45. The molecule has 4 bridgehead atoms. The SMILES string of the molecule is C/C=C/CCCCC[C@H]1C=C2[C@]3(CC(=O)O)CC4=C(C(=O)OC4=O)[C@H]([C@H]1CC(O)C(=O)CC/C=C/C)[C@@]2(O)OC3=O. The number of aliphatic hydroxyl groups is 2. The van der Waals surface area contributed by atoms with Gasteiger partial charge in [0.15, 0.2) is 5.78 Å². The van der Waals surface area contributed by atoms with Crippen LogP contribution in [0.2, 0.25) is 0 Å². The molecular weight excluding hydrogens is 532 g/mol. The van der Waals surface area contributed by atoms with Crippen molar-refractivity contribution in [2.45, 2.75) is 89.9 Å². The van der Waals surface area contributed by atoms with Crippen molar-refractivity contribution < 1.29 is 48.8 Å². The molecule has 2 heterocycles. The van der Waals surface area contributed by atoms with Crippen LogP contribution >= 0.6 is 0 Å². The fourth-order valence-corrected chi connectivity index (χ4v) is 6.96. The van der Waals surface area contributed by atoms with Gasteiger partial charge in [-0.15, -0.1) is 0 Å². The van der Waals surface area contributed by atoms with E-state index >= 15 is 0 Å². The minimum absolute atomic E-state index is 0.0291. The quantitative estimate of drug-likeness (QED) is 0.122. The highest BCUT2D eigenvalue weighted by Crippen LogP contribution is 2.64. The Bertz CT molecular complexity index is 1240. The Labute approximate surface area is 238 Å². The Kier molecular flexibility index (Phi) is 9.13. The van der Waals surface area contributed by atoms with Gasteiger partial charge in [0.05, 0.1) is 23.5 Å². The minimum Gasteiger partial charge on any atom is -0.481 e. The van der Waals surface area contributed by atoms with Crippen molar-refractivity contribution in [2.75, 3.05) is 0 Å². The van der Waals surface area contributed by atoms with Gasteiger partial charge in [-0.25, -0.2) is 9.59 Å². The molecule has 2 aliphatic heterocycles. The smallest absolute Gasteiger partial charge is 0.343 e. The van der Waals surface area contributed by atoms with Gasteiger partial charge >= 0.3 is 23.9 Å². The average Bonchev–Trinajstić information content (AvgIpc) is 3.26. The summed E-state index contributed by atoms with van der Waals surface area (Å²) in [6, 6.07) is 0. The maximum absolute atomic E-state index is 13.4. The number of hydrogen-bond acceptors (Lipinski definition) is 9. The van der Waals surface area contributed by atoms with Gasteiger partial charge in [-0.3, -0.25) is 14.4 Å². The number of aliphatic carboxylic acids is 1. The molecular formula is C31H38O10. The number of carbonyl (C=O) groups excluding carboxylic acids is 4. The van der Waals surface area contributed by atoms with Crippen LogP contribution in [0, 0.1) is 23.2 Å². The number of unbranched alkanes of at least 4 members (excludes halogenated alkanes) is 3. The molecule has 10 heteroatoms. The van der Waals surface area contributed by atoms with E-state index in [1.807, 2.05) is 26.0 Å². The second kappa shape index (κ2) is 12.2. The van der Waals surface area contributed by atoms with Crippen LogP contribution in [-0.4, -0.2) is 56.9 Å². The highest BCUT2D eigenvalue weighted by molar-refractivity contribution is 6.14. The Morgan fingerprint density at radius 2 is 1.78 bits per heavy atom. The Morgan fingerprint density at radius 3 is 2.46 bits per heavy atom. The first-order valence-corrected chi connectivity index (χ1v) is 14.3. The predicted molar refractivity (Wildman–Crippen MR) is 145 cm³/mol. The second-order valence-electron chi connectivity index (χ2n) is 11.4. The molecule has 222 valence electrons. The largest absolute Gasteiger partial charge is 0.481 e. The lowest BCUT2D eigenvalue weighted by molar-refractivity contribution is -0.206. The lowest BCUT2D eigenvalue weighted by atomic mass is 9.61. The predicted octanol–water partition coefficient (Wildman–Crippen LogP) is 3.47. The molecule has 0 radical (unpaired) electrons. The van der Waals surface area contributed by atoms with Gasteiger partial charge in [0.1, 0.15) is 11.5 Å². The number of carbonyl (C=O) groups is 5. The summed E-state index contributed by atoms with van der Waals surface area (Å²) in [5, 5.41) is 32.8. The average molecular weight is 571 g/mol. The first kappa shape index (κ1) is 30.6. The van der Waals surface area contributed by atoms with Crippen molar-refractivity contribution in [2.24, 2.45) is 23.2 Å². The molecule has 1 saturated heterocycles. The number of carboxylic acids is 1. The van der Waals surface area contributed by atoms with E-state index in [-0.39, 0.29) is 29.6 Å². The number of carboxylic acid groups (broad SMARTS) is 1. The first-order chi connectivity index (χ1) is 19.5. The number of cyclic esters (lactones) is 2. The first-order valence-electron chi connectivity index (χ1n) is 14.3. The van der Waals surface area contributed by atoms with E-state index in [1.54, 1.807) is 12.2 Å². The van der Waals surface area contributed by atoms with Gasteiger partial charge in [-0.05, 0) is 57.8 Å². The van der Waals surface area contributed by atoms with Gasteiger partial charge in [0.2, 0.25) is 5.79 Å². The van der Waals surface area contributed by atoms with Crippen molar-refractivity contribution in [3.8, 4) is 0 Å². The van der Waals surface area contributed by atoms with Crippen LogP contribution in [0.15, 0.2) is 47.1 Å². The third-order valence-electron chi connectivity index (χ3n) is 8.84. The van der Waals surface area contributed by atoms with E-state index in [2.05, 4.69) is 6.08 Å². The molecule has 6 atom stereocenters. The Hall–Kier alpha value is -3.37. The van der Waals surface area contributed by atoms with E-state index in [1.165, 1.54) is 0 Å². The summed E-state index contributed by atoms with van der Waals surface area (Å²) in [5.74, 6) is -9.70. The van der Waals surface area contributed by atoms with E-state index < -0.39 is 77.6 Å². The third-order valence-corrected chi connectivity index (χ3v) is 8.84. The van der Waals surface area contributed by atoms with E-state index in [0.29, 0.717) is 12.8 Å². The number of esters is 3. The van der Waals surface area contributed by atoms with Gasteiger partial charge in [0.25, 0.3) is 0 Å². The summed E-state index contributed by atoms with van der Waals surface area (Å²) in [6.07, 6.45) is 11.0. The van der Waals surface area contributed by atoms with Crippen LogP contribution in [-0.2, 0) is 33.4 Å². The van der Waals surface area contributed by atoms with Crippen molar-refractivity contribution in [3.05, 3.63) is 47.1 Å². The molecule has 4 aliphatic rings. The molecule has 0 spiro atoms. The number of ketones is 1. The summed E-state index contributed by atoms with van der Waals surface area (Å²) in [5.41, 5.74) is -2.19. The number of fused-ring (bicyclic) bond motifs is 1. The molecule has 10 nitrogen and oxygen atoms in total. The molecule has 0 aromatic heterocycles. The monoisotopic (exact) mass is 570 g/mol. The minimum atomic E-state index is -2.42. The Morgan fingerprint density at radius 1 is 1.07 bits per heavy atom. The number of hydrogen-bond donors (Lipinski definition) is 3. The van der Waals surface area contributed by atoms with Crippen LogP contribution in [0.5, 0.6) is 0 Å². The molecule has 3 N–H and O–H groups in total. The van der Waals surface area contributed by atoms with E-state index in [4.69, 9.17) is 9.47 Å². The second-order valence-corrected chi connectivity index (χ2v) is 11.4. The third kappa shape index (κ3) is 5.59. The standard InChI is InChI=1S/C31H38O10/c1-3-5-7-8-9-11-12-18-14-23-30(17-24(34)35)16-20-25(28(37)40-27(20)36)26(31(23,39)41-29(30)38)19(18)15-22(33)21(32)13-10-6-4-2/h3-6,14,18-19,22,26,33,39H,7-13,15-17H2,1-2H3,(H,34,35)/b5-3+,6-4+/t18-,19-,22?,26-,30+,31-/m0/s1. The number of Topliss-reactive ketones (excluding diaryl/α,β-unsaturated/α-hetero) is 1. The van der Waals surface area contributed by atoms with E-state index in [9.17, 15) is 39.3 Å². The summed E-state index contributed by atoms with van der Waals surface area (Å²) in [4.78, 5) is 64.1. The Balaban J connectivity index is 1.80. The maximum atomic E-state index is 13.4. The lowest BCUT2D eigenvalue weighted by Crippen LogP contribution is -2.51. The van der Waals surface area contributed by atoms with E-state index in [0.717, 1.165) is 25.7 Å². The molecule has 0 saturated carbocycles. The molecule has 1 unspecified atom stereocenters. The van der Waals surface area contributed by atoms with Crippen molar-refractivity contribution in [3.63, 3.8) is 0 Å². The molecule has 0 amide bonds. The summed E-state index contributed by atoms with van der Waals surface area (Å²) in [7, 11) is 0. The van der Waals surface area contributed by atoms with Crippen LogP contribution in [0.1, 0.15) is 78.1 Å². The molecule has 0 aromatic rings. The number of ether oxygens (including phenoxy) is 2. The summed E-state index contributed by atoms with van der Waals surface area (Å²) < 4.78 is 10.4. The van der Waals surface area contributed by atoms with Gasteiger partial charge in [-0.2, -0.15) is 0 Å². The fraction of sp³-hybridized carbons (Fsp3) is 0.581. The molecule has 1 fully saturated rings. The zero-order valence-corrected chi connectivity index (χ0v) is 23.5. The fourth-order valence-electron chi connectivity index (χ4n) is 6.96. The highest BCUT2D eigenvalue weighted by Gasteiger charge is 2.72. The molecule has 4 rings (SSSR count). The summed E-state index contributed by atoms with van der Waals surface area (Å²) in [6.45, 7) is 3.77. The van der Waals surface area contributed by atoms with Crippen LogP contribution in [0.25, 0.3) is 0 Å². The number of allylic oxidation sites excluding steroid dienone is 5. The molecule has 41 heavy (non-hydrogen) atoms. The van der Waals surface area contributed by atoms with Crippen molar-refractivity contribution >= 4 is 29.7 Å². The zero-order valence-electron chi connectivity index (χ0n) is 23.5. The van der Waals surface area contributed by atoms with Gasteiger partial charge in [0, 0.05) is 18.4 Å². The van der Waals surface area contributed by atoms with Gasteiger partial charge in [-0.1, -0.05) is 43.2 Å². The van der Waals surface area contributed by atoms with Crippen molar-refractivity contribution in [1.82, 2.24) is 0 Å². The van der Waals surface area contributed by atoms with Gasteiger partial charge < -0.3 is 24.8 Å². The van der Waals surface area contributed by atoms with Crippen LogP contribution < -0.4 is 0 Å². The number of aliphatic hydroxyl groups excluding tert-OH is 1. The van der Waals surface area contributed by atoms with Crippen molar-refractivity contribution in [1.29, 1.82) is 0 Å². The number of rotatable bonds is 14. The summed E-state index contributed by atoms with van der Waals surface area (Å²) >= 11 is 0. The highest BCUT2D eigenvalue weighted by atomic mass is 16.7. The maximum Gasteiger partial charge on any atom is 0.343 e. The molecule has 0 aromatic carbocycles. The normalized spacial score (nSPS) is 31.3. The zero-order chi connectivity index (χ0) is 29.9. The molecule has 2 aliphatic carbocycles. The topological polar surface area (TPSA) is 164 Å². The van der Waals surface area contributed by atoms with Crippen LogP contribution in [0.3, 0.4) is 0 Å².